The zero-order chi connectivity index (χ0) is 22.1. The Morgan fingerprint density at radius 2 is 1.70 bits per heavy atom. The summed E-state index contributed by atoms with van der Waals surface area (Å²) in [6.07, 6.45) is -5.68. The van der Waals surface area contributed by atoms with Crippen molar-refractivity contribution in [1.29, 1.82) is 5.26 Å². The Balaban J connectivity index is 2.04. The minimum absolute atomic E-state index is 0.170. The maximum Gasteiger partial charge on any atom is 0.226 e. The first-order chi connectivity index (χ1) is 14.2. The van der Waals surface area contributed by atoms with Gasteiger partial charge in [-0.05, 0) is 41.7 Å². The summed E-state index contributed by atoms with van der Waals surface area (Å²) in [5, 5.41) is 70.7. The van der Waals surface area contributed by atoms with Crippen molar-refractivity contribution >= 4 is 0 Å². The molecule has 2 aromatic carbocycles. The van der Waals surface area contributed by atoms with Gasteiger partial charge in [-0.3, -0.25) is 0 Å². The van der Waals surface area contributed by atoms with Crippen molar-refractivity contribution in [1.82, 2.24) is 0 Å². The van der Waals surface area contributed by atoms with Crippen LogP contribution in [0.15, 0.2) is 36.4 Å². The van der Waals surface area contributed by atoms with E-state index in [9.17, 15) is 35.9 Å². The van der Waals surface area contributed by atoms with Crippen molar-refractivity contribution in [3.63, 3.8) is 0 Å². The summed E-state index contributed by atoms with van der Waals surface area (Å²) < 4.78 is 5.30. The summed E-state index contributed by atoms with van der Waals surface area (Å²) in [7, 11) is 0. The fourth-order valence-corrected chi connectivity index (χ4v) is 3.66. The lowest BCUT2D eigenvalue weighted by Crippen LogP contribution is -2.63. The standard InChI is InChI=1S/C22H25NO7/c1-2-12-3-5-13(6-4-12)7-14-8-16(17(25)9-15(14)10-23)22(29)21(28)20(27)19(26)18(11-24)30-22/h3-6,8-9,18-21,24-29H,2,7,11H2,1H3/t18-,19-,20+,21-,22?/m1/s1. The molecule has 1 aliphatic heterocycles. The number of benzene rings is 2. The van der Waals surface area contributed by atoms with Crippen LogP contribution in [0.3, 0.4) is 0 Å². The average Bonchev–Trinajstić information content (AvgIpc) is 2.76. The van der Waals surface area contributed by atoms with E-state index < -0.39 is 42.6 Å². The zero-order valence-electron chi connectivity index (χ0n) is 16.4. The van der Waals surface area contributed by atoms with Crippen LogP contribution in [0.2, 0.25) is 0 Å². The fourth-order valence-electron chi connectivity index (χ4n) is 3.66. The summed E-state index contributed by atoms with van der Waals surface area (Å²) in [5.74, 6) is -3.14. The van der Waals surface area contributed by atoms with E-state index in [1.165, 1.54) is 6.07 Å². The first kappa shape index (κ1) is 22.2. The molecule has 0 radical (unpaired) electrons. The van der Waals surface area contributed by atoms with E-state index in [-0.39, 0.29) is 11.1 Å². The predicted molar refractivity (Wildman–Crippen MR) is 105 cm³/mol. The number of phenols is 1. The molecule has 8 nitrogen and oxygen atoms in total. The molecule has 8 heteroatoms. The number of nitrogens with zero attached hydrogens (tertiary/aromatic N) is 1. The van der Waals surface area contributed by atoms with E-state index in [1.807, 2.05) is 37.3 Å². The summed E-state index contributed by atoms with van der Waals surface area (Å²) in [6, 6.07) is 12.2. The monoisotopic (exact) mass is 415 g/mol. The van der Waals surface area contributed by atoms with Crippen molar-refractivity contribution in [3.8, 4) is 11.8 Å². The lowest BCUT2D eigenvalue weighted by Gasteiger charge is -2.45. The molecule has 1 saturated heterocycles. The molecule has 5 atom stereocenters. The molecule has 0 saturated carbocycles. The van der Waals surface area contributed by atoms with E-state index in [2.05, 4.69) is 0 Å². The molecule has 30 heavy (non-hydrogen) atoms. The number of ether oxygens (including phenoxy) is 1. The maximum absolute atomic E-state index is 11.0. The van der Waals surface area contributed by atoms with Gasteiger partial charge in [0.25, 0.3) is 0 Å². The van der Waals surface area contributed by atoms with Crippen molar-refractivity contribution in [2.75, 3.05) is 6.61 Å². The van der Waals surface area contributed by atoms with Crippen molar-refractivity contribution in [2.45, 2.75) is 50.0 Å². The van der Waals surface area contributed by atoms with Crippen LogP contribution in [-0.2, 0) is 23.4 Å². The maximum atomic E-state index is 11.0. The van der Waals surface area contributed by atoms with Crippen molar-refractivity contribution in [2.24, 2.45) is 0 Å². The molecule has 1 unspecified atom stereocenters. The van der Waals surface area contributed by atoms with Gasteiger partial charge in [0.1, 0.15) is 30.2 Å². The Hall–Kier alpha value is -2.51. The Labute approximate surface area is 173 Å². The van der Waals surface area contributed by atoms with E-state index >= 15 is 0 Å². The van der Waals surface area contributed by atoms with Crippen LogP contribution in [0.1, 0.15) is 34.7 Å². The van der Waals surface area contributed by atoms with E-state index in [4.69, 9.17) is 4.74 Å². The van der Waals surface area contributed by atoms with Crippen LogP contribution in [0, 0.1) is 11.3 Å². The van der Waals surface area contributed by atoms with Gasteiger partial charge >= 0.3 is 0 Å². The summed E-state index contributed by atoms with van der Waals surface area (Å²) in [4.78, 5) is 0. The number of phenolic OH excluding ortho intramolecular Hbond substituents is 1. The summed E-state index contributed by atoms with van der Waals surface area (Å²) >= 11 is 0. The molecule has 6 N–H and O–H groups in total. The highest BCUT2D eigenvalue weighted by Gasteiger charge is 2.54. The van der Waals surface area contributed by atoms with Crippen LogP contribution in [-0.4, -0.2) is 61.7 Å². The molecule has 3 rings (SSSR count). The Morgan fingerprint density at radius 1 is 1.07 bits per heavy atom. The number of aryl methyl sites for hydroxylation is 1. The van der Waals surface area contributed by atoms with Gasteiger partial charge in [-0.1, -0.05) is 31.2 Å². The number of hydrogen-bond acceptors (Lipinski definition) is 8. The van der Waals surface area contributed by atoms with Gasteiger partial charge in [0.05, 0.1) is 23.8 Å². The number of aliphatic hydroxyl groups excluding tert-OH is 4. The summed E-state index contributed by atoms with van der Waals surface area (Å²) in [6.45, 7) is 1.30. The average molecular weight is 415 g/mol. The highest BCUT2D eigenvalue weighted by Crippen LogP contribution is 2.41. The molecule has 0 spiro atoms. The fraction of sp³-hybridized carbons (Fsp3) is 0.409. The lowest BCUT2D eigenvalue weighted by atomic mass is 9.85. The minimum Gasteiger partial charge on any atom is -0.507 e. The molecular formula is C22H25NO7. The SMILES string of the molecule is CCc1ccc(Cc2cc(C3(O)O[C@H](CO)[C@@H](O)[C@H](O)[C@H]3O)c(O)cc2C#N)cc1. The van der Waals surface area contributed by atoms with Crippen LogP contribution in [0.25, 0.3) is 0 Å². The molecule has 0 amide bonds. The number of aliphatic hydroxyl groups is 5. The van der Waals surface area contributed by atoms with Gasteiger partial charge in [-0.2, -0.15) is 5.26 Å². The van der Waals surface area contributed by atoms with Crippen molar-refractivity contribution in [3.05, 3.63) is 64.2 Å². The highest BCUT2D eigenvalue weighted by molar-refractivity contribution is 5.51. The smallest absolute Gasteiger partial charge is 0.226 e. The number of rotatable bonds is 5. The molecule has 1 heterocycles. The third-order valence-electron chi connectivity index (χ3n) is 5.52. The highest BCUT2D eigenvalue weighted by atomic mass is 16.7. The normalized spacial score (nSPS) is 28.8. The Kier molecular flexibility index (Phi) is 6.43. The molecule has 1 aliphatic rings. The number of nitriles is 1. The number of hydrogen-bond donors (Lipinski definition) is 6. The largest absolute Gasteiger partial charge is 0.507 e. The van der Waals surface area contributed by atoms with Crippen LogP contribution < -0.4 is 0 Å². The number of aromatic hydroxyl groups is 1. The minimum atomic E-state index is -2.61. The first-order valence-electron chi connectivity index (χ1n) is 9.64. The third-order valence-corrected chi connectivity index (χ3v) is 5.52. The van der Waals surface area contributed by atoms with Crippen LogP contribution >= 0.6 is 0 Å². The van der Waals surface area contributed by atoms with Crippen LogP contribution in [0.4, 0.5) is 0 Å². The molecule has 1 fully saturated rings. The first-order valence-corrected chi connectivity index (χ1v) is 9.64. The second-order valence-electron chi connectivity index (χ2n) is 7.45. The predicted octanol–water partition coefficient (Wildman–Crippen LogP) is 0.0360. The zero-order valence-corrected chi connectivity index (χ0v) is 16.4. The molecule has 0 aliphatic carbocycles. The Bertz CT molecular complexity index is 938. The van der Waals surface area contributed by atoms with Gasteiger partial charge in [0.15, 0.2) is 0 Å². The second-order valence-corrected chi connectivity index (χ2v) is 7.45. The second kappa shape index (κ2) is 8.70. The molecule has 160 valence electrons. The van der Waals surface area contributed by atoms with E-state index in [1.54, 1.807) is 0 Å². The Morgan fingerprint density at radius 3 is 2.27 bits per heavy atom. The molecular weight excluding hydrogens is 390 g/mol. The lowest BCUT2D eigenvalue weighted by molar-refractivity contribution is -0.358. The molecule has 0 bridgehead atoms. The van der Waals surface area contributed by atoms with Gasteiger partial charge in [-0.15, -0.1) is 0 Å². The molecule has 0 aromatic heterocycles. The quantitative estimate of drug-likeness (QED) is 0.400. The van der Waals surface area contributed by atoms with Crippen molar-refractivity contribution < 1.29 is 35.4 Å². The van der Waals surface area contributed by atoms with Crippen LogP contribution in [0.5, 0.6) is 5.75 Å². The summed E-state index contributed by atoms with van der Waals surface area (Å²) in [5.41, 5.74) is 2.39. The topological polar surface area (TPSA) is 154 Å². The van der Waals surface area contributed by atoms with Gasteiger partial charge in [0.2, 0.25) is 5.79 Å². The van der Waals surface area contributed by atoms with Gasteiger partial charge in [0, 0.05) is 0 Å². The van der Waals surface area contributed by atoms with Gasteiger partial charge in [-0.25, -0.2) is 0 Å². The van der Waals surface area contributed by atoms with E-state index in [0.717, 1.165) is 23.6 Å². The van der Waals surface area contributed by atoms with Gasteiger partial charge < -0.3 is 35.4 Å². The molecule has 2 aromatic rings. The third kappa shape index (κ3) is 3.91. The van der Waals surface area contributed by atoms with E-state index in [0.29, 0.717) is 12.0 Å².